The molecule has 0 amide bonds. The van der Waals surface area contributed by atoms with E-state index in [0.717, 1.165) is 16.3 Å². The highest BCUT2D eigenvalue weighted by Crippen LogP contribution is 2.25. The van der Waals surface area contributed by atoms with Gasteiger partial charge in [-0.05, 0) is 37.5 Å². The second-order valence-corrected chi connectivity index (χ2v) is 5.92. The molecule has 1 aromatic heterocycles. The standard InChI is InChI=1S/C16H20N2S/c1-11-4-12(2)6-14(5-11)10-19-16-13(3)7-15(8-17)9-18-16/h4-7,9H,8,10,17H2,1-3H3. The number of benzene rings is 1. The van der Waals surface area contributed by atoms with Gasteiger partial charge >= 0.3 is 0 Å². The highest BCUT2D eigenvalue weighted by atomic mass is 32.2. The van der Waals surface area contributed by atoms with Crippen LogP contribution in [0.25, 0.3) is 0 Å². The van der Waals surface area contributed by atoms with Crippen molar-refractivity contribution in [1.82, 2.24) is 4.98 Å². The first-order valence-corrected chi connectivity index (χ1v) is 7.42. The minimum absolute atomic E-state index is 0.551. The molecular weight excluding hydrogens is 252 g/mol. The van der Waals surface area contributed by atoms with Gasteiger partial charge in [-0.1, -0.05) is 35.4 Å². The van der Waals surface area contributed by atoms with E-state index in [9.17, 15) is 0 Å². The molecule has 0 aliphatic rings. The molecule has 1 heterocycles. The van der Waals surface area contributed by atoms with Gasteiger partial charge in [0.25, 0.3) is 0 Å². The van der Waals surface area contributed by atoms with Crippen LogP contribution in [-0.4, -0.2) is 4.98 Å². The zero-order valence-corrected chi connectivity index (χ0v) is 12.6. The first-order valence-electron chi connectivity index (χ1n) is 6.44. The molecule has 2 N–H and O–H groups in total. The van der Waals surface area contributed by atoms with Crippen LogP contribution in [0.2, 0.25) is 0 Å². The number of thioether (sulfide) groups is 1. The van der Waals surface area contributed by atoms with Gasteiger partial charge in [0.2, 0.25) is 0 Å². The summed E-state index contributed by atoms with van der Waals surface area (Å²) < 4.78 is 0. The molecule has 0 aliphatic heterocycles. The zero-order valence-electron chi connectivity index (χ0n) is 11.7. The van der Waals surface area contributed by atoms with E-state index in [1.54, 1.807) is 11.8 Å². The molecule has 2 nitrogen and oxygen atoms in total. The van der Waals surface area contributed by atoms with Gasteiger partial charge in [0.05, 0.1) is 5.03 Å². The van der Waals surface area contributed by atoms with E-state index < -0.39 is 0 Å². The van der Waals surface area contributed by atoms with Gasteiger partial charge in [0.15, 0.2) is 0 Å². The number of hydrogen-bond donors (Lipinski definition) is 1. The summed E-state index contributed by atoms with van der Waals surface area (Å²) in [6.45, 7) is 6.92. The van der Waals surface area contributed by atoms with Crippen molar-refractivity contribution in [2.45, 2.75) is 38.1 Å². The molecule has 19 heavy (non-hydrogen) atoms. The molecule has 0 saturated carbocycles. The Morgan fingerprint density at radius 1 is 1.00 bits per heavy atom. The van der Waals surface area contributed by atoms with E-state index in [1.807, 2.05) is 6.20 Å². The highest BCUT2D eigenvalue weighted by Gasteiger charge is 2.04. The fourth-order valence-electron chi connectivity index (χ4n) is 2.19. The maximum absolute atomic E-state index is 5.62. The van der Waals surface area contributed by atoms with Crippen LogP contribution < -0.4 is 5.73 Å². The van der Waals surface area contributed by atoms with E-state index in [2.05, 4.69) is 50.0 Å². The Morgan fingerprint density at radius 2 is 1.68 bits per heavy atom. The van der Waals surface area contributed by atoms with Crippen molar-refractivity contribution in [2.24, 2.45) is 5.73 Å². The summed E-state index contributed by atoms with van der Waals surface area (Å²) in [5, 5.41) is 1.09. The summed E-state index contributed by atoms with van der Waals surface area (Å²) >= 11 is 1.78. The van der Waals surface area contributed by atoms with Crippen molar-refractivity contribution >= 4 is 11.8 Å². The fraction of sp³-hybridized carbons (Fsp3) is 0.312. The number of aromatic nitrogens is 1. The molecule has 2 rings (SSSR count). The predicted molar refractivity (Wildman–Crippen MR) is 82.3 cm³/mol. The third-order valence-corrected chi connectivity index (χ3v) is 4.16. The Labute approximate surface area is 119 Å². The Bertz CT molecular complexity index is 559. The molecule has 0 radical (unpaired) electrons. The van der Waals surface area contributed by atoms with Gasteiger partial charge in [-0.2, -0.15) is 0 Å². The number of nitrogens with zero attached hydrogens (tertiary/aromatic N) is 1. The Hall–Kier alpha value is -1.32. The van der Waals surface area contributed by atoms with Gasteiger partial charge in [0, 0.05) is 18.5 Å². The van der Waals surface area contributed by atoms with Gasteiger partial charge in [-0.3, -0.25) is 0 Å². The van der Waals surface area contributed by atoms with Gasteiger partial charge in [-0.25, -0.2) is 4.98 Å². The van der Waals surface area contributed by atoms with Crippen LogP contribution in [0.5, 0.6) is 0 Å². The van der Waals surface area contributed by atoms with Crippen LogP contribution in [0.4, 0.5) is 0 Å². The number of nitrogens with two attached hydrogens (primary N) is 1. The van der Waals surface area contributed by atoms with E-state index in [0.29, 0.717) is 6.54 Å². The molecule has 0 saturated heterocycles. The van der Waals surface area contributed by atoms with Crippen LogP contribution in [0.1, 0.15) is 27.8 Å². The van der Waals surface area contributed by atoms with Crippen LogP contribution in [0.3, 0.4) is 0 Å². The Kier molecular flexibility index (Phi) is 4.61. The molecule has 100 valence electrons. The van der Waals surface area contributed by atoms with Crippen LogP contribution in [-0.2, 0) is 12.3 Å². The molecule has 0 unspecified atom stereocenters. The topological polar surface area (TPSA) is 38.9 Å². The first kappa shape index (κ1) is 14.1. The van der Waals surface area contributed by atoms with Crippen molar-refractivity contribution in [2.75, 3.05) is 0 Å². The second kappa shape index (κ2) is 6.22. The average molecular weight is 272 g/mol. The smallest absolute Gasteiger partial charge is 0.0992 e. The minimum Gasteiger partial charge on any atom is -0.326 e. The lowest BCUT2D eigenvalue weighted by molar-refractivity contribution is 0.988. The molecule has 1 aromatic carbocycles. The van der Waals surface area contributed by atoms with Crippen molar-refractivity contribution in [3.8, 4) is 0 Å². The molecule has 0 atom stereocenters. The maximum Gasteiger partial charge on any atom is 0.0992 e. The highest BCUT2D eigenvalue weighted by molar-refractivity contribution is 7.98. The zero-order chi connectivity index (χ0) is 13.8. The quantitative estimate of drug-likeness (QED) is 0.861. The summed E-state index contributed by atoms with van der Waals surface area (Å²) in [5.41, 5.74) is 11.9. The number of aryl methyl sites for hydroxylation is 3. The molecule has 0 fully saturated rings. The average Bonchev–Trinajstić information content (AvgIpc) is 2.36. The van der Waals surface area contributed by atoms with E-state index in [4.69, 9.17) is 5.73 Å². The lowest BCUT2D eigenvalue weighted by Crippen LogP contribution is -1.98. The van der Waals surface area contributed by atoms with Crippen molar-refractivity contribution in [3.63, 3.8) is 0 Å². The maximum atomic E-state index is 5.62. The Morgan fingerprint density at radius 3 is 2.26 bits per heavy atom. The number of rotatable bonds is 4. The lowest BCUT2D eigenvalue weighted by Gasteiger charge is -2.08. The molecule has 0 bridgehead atoms. The van der Waals surface area contributed by atoms with Crippen LogP contribution in [0, 0.1) is 20.8 Å². The van der Waals surface area contributed by atoms with Crippen molar-refractivity contribution in [3.05, 3.63) is 58.3 Å². The van der Waals surface area contributed by atoms with Gasteiger partial charge < -0.3 is 5.73 Å². The van der Waals surface area contributed by atoms with E-state index >= 15 is 0 Å². The third kappa shape index (κ3) is 3.82. The second-order valence-electron chi connectivity index (χ2n) is 4.95. The third-order valence-electron chi connectivity index (χ3n) is 2.98. The fourth-order valence-corrected chi connectivity index (χ4v) is 3.07. The van der Waals surface area contributed by atoms with Crippen LogP contribution in [0.15, 0.2) is 35.5 Å². The summed E-state index contributed by atoms with van der Waals surface area (Å²) in [5.74, 6) is 0.957. The monoisotopic (exact) mass is 272 g/mol. The molecule has 0 spiro atoms. The summed E-state index contributed by atoms with van der Waals surface area (Å²) in [6.07, 6.45) is 1.87. The van der Waals surface area contributed by atoms with Crippen molar-refractivity contribution < 1.29 is 0 Å². The summed E-state index contributed by atoms with van der Waals surface area (Å²) in [6, 6.07) is 8.80. The largest absolute Gasteiger partial charge is 0.326 e. The minimum atomic E-state index is 0.551. The van der Waals surface area contributed by atoms with E-state index in [-0.39, 0.29) is 0 Å². The molecular formula is C16H20N2S. The lowest BCUT2D eigenvalue weighted by atomic mass is 10.1. The Balaban J connectivity index is 2.10. The normalized spacial score (nSPS) is 10.7. The predicted octanol–water partition coefficient (Wildman–Crippen LogP) is 3.76. The molecule has 3 heteroatoms. The van der Waals surface area contributed by atoms with Gasteiger partial charge in [0.1, 0.15) is 0 Å². The first-order chi connectivity index (χ1) is 9.08. The SMILES string of the molecule is Cc1cc(C)cc(CSc2ncc(CN)cc2C)c1. The molecule has 0 aliphatic carbocycles. The summed E-state index contributed by atoms with van der Waals surface area (Å²) in [7, 11) is 0. The van der Waals surface area contributed by atoms with Gasteiger partial charge in [-0.15, -0.1) is 11.8 Å². The number of hydrogen-bond acceptors (Lipinski definition) is 3. The molecule has 2 aromatic rings. The van der Waals surface area contributed by atoms with Crippen molar-refractivity contribution in [1.29, 1.82) is 0 Å². The summed E-state index contributed by atoms with van der Waals surface area (Å²) in [4.78, 5) is 4.49. The van der Waals surface area contributed by atoms with Crippen LogP contribution >= 0.6 is 11.8 Å². The number of pyridine rings is 1. The van der Waals surface area contributed by atoms with E-state index in [1.165, 1.54) is 22.3 Å².